The Morgan fingerprint density at radius 3 is 2.50 bits per heavy atom. The van der Waals surface area contributed by atoms with Crippen LogP contribution in [0.3, 0.4) is 0 Å². The second-order valence-corrected chi connectivity index (χ2v) is 4.72. The lowest BCUT2D eigenvalue weighted by molar-refractivity contribution is -0.181. The normalized spacial score (nSPS) is 15.5. The highest BCUT2D eigenvalue weighted by atomic mass is 19.3. The lowest BCUT2D eigenvalue weighted by atomic mass is 10.2. The van der Waals surface area contributed by atoms with Crippen molar-refractivity contribution in [2.75, 3.05) is 0 Å². The fourth-order valence-electron chi connectivity index (χ4n) is 1.87. The number of carbonyl (C=O) groups excluding carboxylic acids is 1. The molecule has 2 rings (SSSR count). The largest absolute Gasteiger partial charge is 0.383 e. The van der Waals surface area contributed by atoms with Gasteiger partial charge >= 0.3 is 12.3 Å². The molecule has 0 heterocycles. The Bertz CT molecular complexity index is 501. The van der Waals surface area contributed by atoms with Crippen LogP contribution >= 0.6 is 0 Å². The molecule has 1 aliphatic carbocycles. The molecule has 1 fully saturated rings. The fourth-order valence-corrected chi connectivity index (χ4v) is 1.87. The van der Waals surface area contributed by atoms with Crippen LogP contribution in [-0.4, -0.2) is 29.2 Å². The summed E-state index contributed by atoms with van der Waals surface area (Å²) in [6.45, 7) is -0.302. The van der Waals surface area contributed by atoms with Crippen molar-refractivity contribution in [2.45, 2.75) is 37.8 Å². The van der Waals surface area contributed by atoms with Gasteiger partial charge in [-0.25, -0.2) is 13.2 Å². The monoisotopic (exact) mass is 293 g/mol. The molecular weight excluding hydrogens is 281 g/mol. The van der Waals surface area contributed by atoms with Gasteiger partial charge in [-0.2, -0.15) is 8.78 Å². The van der Waals surface area contributed by atoms with Gasteiger partial charge in [0.2, 0.25) is 0 Å². The Hall–Kier alpha value is -1.66. The Balaban J connectivity index is 2.18. The minimum Gasteiger partial charge on any atom is -0.330 e. The maximum Gasteiger partial charge on any atom is 0.383 e. The average Bonchev–Trinajstić information content (AvgIpc) is 3.19. The van der Waals surface area contributed by atoms with E-state index in [0.717, 1.165) is 6.07 Å². The number of carbonyl (C=O) groups is 1. The van der Waals surface area contributed by atoms with Crippen molar-refractivity contribution in [3.8, 4) is 0 Å². The molecule has 0 bridgehead atoms. The van der Waals surface area contributed by atoms with Crippen LogP contribution in [0.1, 0.15) is 18.4 Å². The number of rotatable bonds is 5. The summed E-state index contributed by atoms with van der Waals surface area (Å²) in [4.78, 5) is 12.3. The van der Waals surface area contributed by atoms with Crippen molar-refractivity contribution < 1.29 is 26.7 Å². The third-order valence-electron chi connectivity index (χ3n) is 3.05. The molecule has 7 heteroatoms. The van der Waals surface area contributed by atoms with Gasteiger partial charge < -0.3 is 4.90 Å². The molecule has 1 aliphatic rings. The fraction of sp³-hybridized carbons (Fsp3) is 0.462. The van der Waals surface area contributed by atoms with E-state index in [1.807, 2.05) is 0 Å². The van der Waals surface area contributed by atoms with Crippen molar-refractivity contribution in [3.63, 3.8) is 0 Å². The summed E-state index contributed by atoms with van der Waals surface area (Å²) in [7, 11) is 0. The third-order valence-corrected chi connectivity index (χ3v) is 3.05. The molecule has 0 N–H and O–H groups in total. The molecule has 110 valence electrons. The van der Waals surface area contributed by atoms with Crippen LogP contribution < -0.4 is 0 Å². The first-order valence-electron chi connectivity index (χ1n) is 6.04. The molecule has 20 heavy (non-hydrogen) atoms. The Labute approximate surface area is 112 Å². The van der Waals surface area contributed by atoms with Crippen LogP contribution in [0.5, 0.6) is 0 Å². The van der Waals surface area contributed by atoms with Crippen LogP contribution in [0.15, 0.2) is 24.3 Å². The summed E-state index contributed by atoms with van der Waals surface area (Å²) in [5, 5.41) is 0. The van der Waals surface area contributed by atoms with Crippen LogP contribution in [0, 0.1) is 5.82 Å². The van der Waals surface area contributed by atoms with E-state index in [1.165, 1.54) is 18.2 Å². The lowest BCUT2D eigenvalue weighted by Gasteiger charge is -2.26. The summed E-state index contributed by atoms with van der Waals surface area (Å²) in [6.07, 6.45) is -3.08. The van der Waals surface area contributed by atoms with Crippen molar-refractivity contribution >= 4 is 5.91 Å². The molecule has 0 unspecified atom stereocenters. The number of amides is 1. The van der Waals surface area contributed by atoms with Gasteiger partial charge in [-0.3, -0.25) is 4.79 Å². The first-order chi connectivity index (χ1) is 9.32. The van der Waals surface area contributed by atoms with E-state index in [9.17, 15) is 26.7 Å². The van der Waals surface area contributed by atoms with Gasteiger partial charge in [0.15, 0.2) is 0 Å². The molecule has 0 aliphatic heterocycles. The average molecular weight is 293 g/mol. The maximum absolute atomic E-state index is 13.1. The van der Waals surface area contributed by atoms with Gasteiger partial charge in [-0.05, 0) is 30.5 Å². The minimum absolute atomic E-state index is 0.287. The van der Waals surface area contributed by atoms with Crippen LogP contribution in [-0.2, 0) is 11.3 Å². The van der Waals surface area contributed by atoms with Gasteiger partial charge in [-0.1, -0.05) is 12.1 Å². The predicted molar refractivity (Wildman–Crippen MR) is 60.9 cm³/mol. The van der Waals surface area contributed by atoms with Gasteiger partial charge in [0.1, 0.15) is 5.82 Å². The molecule has 2 nitrogen and oxygen atoms in total. The zero-order chi connectivity index (χ0) is 14.9. The second kappa shape index (κ2) is 5.38. The Morgan fingerprint density at radius 1 is 1.35 bits per heavy atom. The number of hydrogen-bond acceptors (Lipinski definition) is 1. The summed E-state index contributed by atoms with van der Waals surface area (Å²) >= 11 is 0. The van der Waals surface area contributed by atoms with Gasteiger partial charge in [0.25, 0.3) is 5.91 Å². The highest BCUT2D eigenvalue weighted by molar-refractivity contribution is 5.84. The molecule has 0 saturated heterocycles. The quantitative estimate of drug-likeness (QED) is 0.763. The predicted octanol–water partition coefficient (Wildman–Crippen LogP) is 3.22. The molecule has 0 aromatic heterocycles. The third kappa shape index (κ3) is 3.08. The van der Waals surface area contributed by atoms with E-state index in [0.29, 0.717) is 17.7 Å². The van der Waals surface area contributed by atoms with Gasteiger partial charge in [-0.15, -0.1) is 0 Å². The minimum atomic E-state index is -4.71. The molecule has 1 aromatic carbocycles. The molecule has 0 atom stereocenters. The van der Waals surface area contributed by atoms with Crippen molar-refractivity contribution in [2.24, 2.45) is 0 Å². The zero-order valence-electron chi connectivity index (χ0n) is 10.3. The van der Waals surface area contributed by atoms with E-state index >= 15 is 0 Å². The molecule has 0 radical (unpaired) electrons. The van der Waals surface area contributed by atoms with Gasteiger partial charge in [0.05, 0.1) is 0 Å². The topological polar surface area (TPSA) is 20.3 Å². The Kier molecular flexibility index (Phi) is 3.96. The van der Waals surface area contributed by atoms with E-state index in [4.69, 9.17) is 0 Å². The van der Waals surface area contributed by atoms with Crippen LogP contribution in [0.25, 0.3) is 0 Å². The number of nitrogens with zero attached hydrogens (tertiary/aromatic N) is 1. The highest BCUT2D eigenvalue weighted by Gasteiger charge is 2.53. The lowest BCUT2D eigenvalue weighted by Crippen LogP contribution is -2.48. The maximum atomic E-state index is 13.1. The summed E-state index contributed by atoms with van der Waals surface area (Å²) in [5.74, 6) is -7.19. The number of hydrogen-bond donors (Lipinski definition) is 0. The number of halogens is 5. The molecule has 1 saturated carbocycles. The smallest absolute Gasteiger partial charge is 0.330 e. The van der Waals surface area contributed by atoms with Crippen molar-refractivity contribution in [3.05, 3.63) is 35.6 Å². The molecule has 0 spiro atoms. The summed E-state index contributed by atoms with van der Waals surface area (Å²) in [6, 6.07) is 4.59. The highest BCUT2D eigenvalue weighted by Crippen LogP contribution is 2.34. The van der Waals surface area contributed by atoms with E-state index in [1.54, 1.807) is 0 Å². The summed E-state index contributed by atoms with van der Waals surface area (Å²) < 4.78 is 63.8. The van der Waals surface area contributed by atoms with Gasteiger partial charge in [0, 0.05) is 12.6 Å². The van der Waals surface area contributed by atoms with E-state index in [2.05, 4.69) is 0 Å². The molecule has 1 aromatic rings. The molecule has 1 amide bonds. The van der Waals surface area contributed by atoms with Crippen LogP contribution in [0.4, 0.5) is 22.0 Å². The second-order valence-electron chi connectivity index (χ2n) is 4.72. The first kappa shape index (κ1) is 14.7. The van der Waals surface area contributed by atoms with E-state index < -0.39 is 30.1 Å². The van der Waals surface area contributed by atoms with E-state index in [-0.39, 0.29) is 12.1 Å². The SMILES string of the molecule is O=C(N(Cc1cccc(F)c1)C1CC1)C(F)(F)C(F)F. The Morgan fingerprint density at radius 2 is 2.00 bits per heavy atom. The number of alkyl halides is 4. The zero-order valence-corrected chi connectivity index (χ0v) is 10.3. The summed E-state index contributed by atoms with van der Waals surface area (Å²) in [5.41, 5.74) is 0.287. The number of benzene rings is 1. The first-order valence-corrected chi connectivity index (χ1v) is 6.04. The molecular formula is C13H12F5NO. The van der Waals surface area contributed by atoms with Crippen molar-refractivity contribution in [1.29, 1.82) is 0 Å². The standard InChI is InChI=1S/C13H12F5NO/c14-9-3-1-2-8(6-9)7-19(10-4-5-10)12(20)13(17,18)11(15)16/h1-3,6,10-11H,4-5,7H2. The van der Waals surface area contributed by atoms with Crippen LogP contribution in [0.2, 0.25) is 0 Å². The van der Waals surface area contributed by atoms with Crippen molar-refractivity contribution in [1.82, 2.24) is 4.90 Å².